The average molecular weight is 244 g/mol. The third-order valence-corrected chi connectivity index (χ3v) is 3.36. The minimum Gasteiger partial charge on any atom is -0.378 e. The molecule has 0 aromatic rings. The lowest BCUT2D eigenvalue weighted by atomic mass is 10.4. The Morgan fingerprint density at radius 2 is 2.00 bits per heavy atom. The molecule has 2 heterocycles. The van der Waals surface area contributed by atoms with E-state index in [1.807, 2.05) is 0 Å². The summed E-state index contributed by atoms with van der Waals surface area (Å²) in [6, 6.07) is 0. The van der Waals surface area contributed by atoms with Crippen LogP contribution >= 0.6 is 11.8 Å². The van der Waals surface area contributed by atoms with E-state index in [1.165, 1.54) is 0 Å². The van der Waals surface area contributed by atoms with E-state index < -0.39 is 0 Å². The van der Waals surface area contributed by atoms with Crippen LogP contribution in [0.3, 0.4) is 0 Å². The van der Waals surface area contributed by atoms with Gasteiger partial charge in [0, 0.05) is 13.1 Å². The molecule has 0 bridgehead atoms. The molecule has 0 spiro atoms. The maximum atomic E-state index is 11.8. The largest absolute Gasteiger partial charge is 0.378 e. The Bertz CT molecular complexity index is 311. The molecule has 2 saturated heterocycles. The van der Waals surface area contributed by atoms with Crippen molar-refractivity contribution in [2.45, 2.75) is 0 Å². The molecule has 0 radical (unpaired) electrons. The van der Waals surface area contributed by atoms with Crippen molar-refractivity contribution in [2.24, 2.45) is 0 Å². The first-order valence-corrected chi connectivity index (χ1v) is 5.99. The molecule has 0 aromatic carbocycles. The van der Waals surface area contributed by atoms with Gasteiger partial charge in [0.05, 0.1) is 19.0 Å². The summed E-state index contributed by atoms with van der Waals surface area (Å²) in [7, 11) is 0. The van der Waals surface area contributed by atoms with Crippen molar-refractivity contribution in [2.75, 3.05) is 38.6 Å². The van der Waals surface area contributed by atoms with Crippen LogP contribution in [0.2, 0.25) is 0 Å². The second-order valence-electron chi connectivity index (χ2n) is 3.53. The van der Waals surface area contributed by atoms with Gasteiger partial charge in [-0.05, 0) is 0 Å². The Balaban J connectivity index is 1.90. The fourth-order valence-electron chi connectivity index (χ4n) is 1.58. The number of amides is 3. The molecule has 6 nitrogen and oxygen atoms in total. The first kappa shape index (κ1) is 11.4. The molecule has 16 heavy (non-hydrogen) atoms. The first-order chi connectivity index (χ1) is 7.68. The molecule has 0 atom stereocenters. The van der Waals surface area contributed by atoms with Crippen LogP contribution in [0, 0.1) is 0 Å². The van der Waals surface area contributed by atoms with Crippen molar-refractivity contribution in [1.82, 2.24) is 9.80 Å². The number of ether oxygens (including phenoxy) is 1. The third-order valence-electron chi connectivity index (χ3n) is 2.50. The molecule has 0 saturated carbocycles. The number of nitrogens with zero attached hydrogens (tertiary/aromatic N) is 2. The standard InChI is InChI=1S/C9H12N2O4S/c12-7(10-1-3-15-4-2-10)5-11-8(13)6-16-9(11)14/h1-6H2. The van der Waals surface area contributed by atoms with Crippen molar-refractivity contribution in [3.8, 4) is 0 Å². The van der Waals surface area contributed by atoms with Crippen LogP contribution in [0.4, 0.5) is 4.79 Å². The number of carbonyl (C=O) groups is 3. The highest BCUT2D eigenvalue weighted by molar-refractivity contribution is 8.14. The van der Waals surface area contributed by atoms with E-state index in [0.29, 0.717) is 26.3 Å². The van der Waals surface area contributed by atoms with Gasteiger partial charge in [0.1, 0.15) is 6.54 Å². The van der Waals surface area contributed by atoms with Gasteiger partial charge in [-0.15, -0.1) is 0 Å². The van der Waals surface area contributed by atoms with Crippen LogP contribution in [0.25, 0.3) is 0 Å². The molecular formula is C9H12N2O4S. The quantitative estimate of drug-likeness (QED) is 0.657. The Morgan fingerprint density at radius 3 is 2.56 bits per heavy atom. The molecule has 0 aromatic heterocycles. The van der Waals surface area contributed by atoms with Gasteiger partial charge in [-0.25, -0.2) is 0 Å². The van der Waals surface area contributed by atoms with Crippen LogP contribution in [0.5, 0.6) is 0 Å². The number of hydrogen-bond acceptors (Lipinski definition) is 5. The second kappa shape index (κ2) is 4.84. The number of carbonyl (C=O) groups excluding carboxylic acids is 3. The van der Waals surface area contributed by atoms with Gasteiger partial charge >= 0.3 is 0 Å². The monoisotopic (exact) mass is 244 g/mol. The van der Waals surface area contributed by atoms with E-state index in [4.69, 9.17) is 4.74 Å². The van der Waals surface area contributed by atoms with Crippen molar-refractivity contribution in [3.05, 3.63) is 0 Å². The smallest absolute Gasteiger partial charge is 0.289 e. The normalized spacial score (nSPS) is 21.8. The summed E-state index contributed by atoms with van der Waals surface area (Å²) < 4.78 is 5.12. The maximum Gasteiger partial charge on any atom is 0.289 e. The molecule has 88 valence electrons. The number of morpholine rings is 1. The highest BCUT2D eigenvalue weighted by Crippen LogP contribution is 2.18. The Morgan fingerprint density at radius 1 is 1.31 bits per heavy atom. The van der Waals surface area contributed by atoms with Gasteiger partial charge < -0.3 is 9.64 Å². The van der Waals surface area contributed by atoms with E-state index in [2.05, 4.69) is 0 Å². The van der Waals surface area contributed by atoms with Crippen LogP contribution in [0.1, 0.15) is 0 Å². The number of rotatable bonds is 2. The summed E-state index contributed by atoms with van der Waals surface area (Å²) in [5.41, 5.74) is 0. The summed E-state index contributed by atoms with van der Waals surface area (Å²) in [5.74, 6) is -0.320. The molecule has 0 unspecified atom stereocenters. The minimum atomic E-state index is -0.327. The fraction of sp³-hybridized carbons (Fsp3) is 0.667. The lowest BCUT2D eigenvalue weighted by Crippen LogP contribution is -2.46. The molecule has 7 heteroatoms. The van der Waals surface area contributed by atoms with Crippen molar-refractivity contribution in [3.63, 3.8) is 0 Å². The van der Waals surface area contributed by atoms with Crippen LogP contribution in [-0.2, 0) is 14.3 Å². The summed E-state index contributed by atoms with van der Waals surface area (Å²) in [5, 5.41) is -0.327. The Labute approximate surface area is 96.9 Å². The van der Waals surface area contributed by atoms with Gasteiger partial charge in [0.25, 0.3) is 5.24 Å². The molecular weight excluding hydrogens is 232 g/mol. The lowest BCUT2D eigenvalue weighted by molar-refractivity contribution is -0.139. The molecule has 2 rings (SSSR count). The summed E-state index contributed by atoms with van der Waals surface area (Å²) >= 11 is 0.944. The highest BCUT2D eigenvalue weighted by atomic mass is 32.2. The van der Waals surface area contributed by atoms with E-state index >= 15 is 0 Å². The first-order valence-electron chi connectivity index (χ1n) is 5.01. The van der Waals surface area contributed by atoms with Gasteiger partial charge in [-0.1, -0.05) is 11.8 Å². The van der Waals surface area contributed by atoms with Crippen molar-refractivity contribution >= 4 is 28.8 Å². The minimum absolute atomic E-state index is 0.134. The summed E-state index contributed by atoms with van der Waals surface area (Å²) in [6.07, 6.45) is 0. The van der Waals surface area contributed by atoms with Gasteiger partial charge in [-0.3, -0.25) is 19.3 Å². The zero-order valence-electron chi connectivity index (χ0n) is 8.68. The average Bonchev–Trinajstić information content (AvgIpc) is 2.62. The SMILES string of the molecule is O=C(CN1C(=O)CSC1=O)N1CCOCC1. The third kappa shape index (κ3) is 2.35. The second-order valence-corrected chi connectivity index (χ2v) is 4.45. The van der Waals surface area contributed by atoms with Crippen molar-refractivity contribution in [1.29, 1.82) is 0 Å². The highest BCUT2D eigenvalue weighted by Gasteiger charge is 2.32. The van der Waals surface area contributed by atoms with E-state index in [-0.39, 0.29) is 29.4 Å². The Kier molecular flexibility index (Phi) is 3.45. The van der Waals surface area contributed by atoms with Gasteiger partial charge in [0.2, 0.25) is 11.8 Å². The topological polar surface area (TPSA) is 66.9 Å². The molecule has 0 N–H and O–H groups in total. The molecule has 0 aliphatic carbocycles. The van der Waals surface area contributed by atoms with Crippen LogP contribution < -0.4 is 0 Å². The zero-order chi connectivity index (χ0) is 11.5. The zero-order valence-corrected chi connectivity index (χ0v) is 9.49. The van der Waals surface area contributed by atoms with Crippen molar-refractivity contribution < 1.29 is 19.1 Å². The number of imide groups is 1. The molecule has 2 aliphatic rings. The predicted octanol–water partition coefficient (Wildman–Crippen LogP) is -0.459. The van der Waals surface area contributed by atoms with E-state index in [0.717, 1.165) is 16.7 Å². The van der Waals surface area contributed by atoms with Crippen LogP contribution in [-0.4, -0.2) is 65.5 Å². The molecule has 2 fully saturated rings. The van der Waals surface area contributed by atoms with E-state index in [1.54, 1.807) is 4.90 Å². The predicted molar refractivity (Wildman–Crippen MR) is 57.0 cm³/mol. The molecule has 2 aliphatic heterocycles. The number of thioether (sulfide) groups is 1. The van der Waals surface area contributed by atoms with Crippen LogP contribution in [0.15, 0.2) is 0 Å². The summed E-state index contributed by atoms with van der Waals surface area (Å²) in [4.78, 5) is 37.0. The Hall–Kier alpha value is -1.08. The summed E-state index contributed by atoms with van der Waals surface area (Å²) in [6.45, 7) is 1.96. The fourth-order valence-corrected chi connectivity index (χ4v) is 2.31. The molecule has 3 amide bonds. The van der Waals surface area contributed by atoms with Gasteiger partial charge in [0.15, 0.2) is 0 Å². The van der Waals surface area contributed by atoms with Gasteiger partial charge in [-0.2, -0.15) is 0 Å². The number of hydrogen-bond donors (Lipinski definition) is 0. The lowest BCUT2D eigenvalue weighted by Gasteiger charge is -2.28. The maximum absolute atomic E-state index is 11.8. The van der Waals surface area contributed by atoms with E-state index in [9.17, 15) is 14.4 Å².